The van der Waals surface area contributed by atoms with Crippen LogP contribution in [0, 0.1) is 20.8 Å². The summed E-state index contributed by atoms with van der Waals surface area (Å²) in [4.78, 5) is 16.4. The SMILES string of the molecule is Cc1ccc(C(=O)Nc2ccc(C)nc2C)c(O)c1. The first kappa shape index (κ1) is 13.1. The van der Waals surface area contributed by atoms with Crippen molar-refractivity contribution in [2.24, 2.45) is 0 Å². The van der Waals surface area contributed by atoms with Crippen LogP contribution in [0.1, 0.15) is 27.3 Å². The number of pyridine rings is 1. The van der Waals surface area contributed by atoms with E-state index in [0.717, 1.165) is 17.0 Å². The Kier molecular flexibility index (Phi) is 3.51. The molecule has 2 N–H and O–H groups in total. The third kappa shape index (κ3) is 2.91. The van der Waals surface area contributed by atoms with Crippen molar-refractivity contribution in [3.8, 4) is 5.75 Å². The Morgan fingerprint density at radius 1 is 1.16 bits per heavy atom. The first-order chi connectivity index (χ1) is 8.97. The molecule has 0 unspecified atom stereocenters. The zero-order valence-electron chi connectivity index (χ0n) is 11.2. The van der Waals surface area contributed by atoms with E-state index in [-0.39, 0.29) is 17.2 Å². The molecular weight excluding hydrogens is 240 g/mol. The number of hydrogen-bond donors (Lipinski definition) is 2. The van der Waals surface area contributed by atoms with E-state index < -0.39 is 0 Å². The molecular formula is C15H16N2O2. The van der Waals surface area contributed by atoms with E-state index in [1.807, 2.05) is 26.8 Å². The maximum Gasteiger partial charge on any atom is 0.259 e. The molecule has 1 amide bonds. The van der Waals surface area contributed by atoms with Gasteiger partial charge in [-0.3, -0.25) is 9.78 Å². The normalized spacial score (nSPS) is 10.3. The van der Waals surface area contributed by atoms with E-state index in [0.29, 0.717) is 5.69 Å². The number of rotatable bonds is 2. The average molecular weight is 256 g/mol. The zero-order chi connectivity index (χ0) is 14.0. The highest BCUT2D eigenvalue weighted by atomic mass is 16.3. The van der Waals surface area contributed by atoms with Crippen LogP contribution in [0.3, 0.4) is 0 Å². The lowest BCUT2D eigenvalue weighted by Gasteiger charge is -2.09. The standard InChI is InChI=1S/C15H16N2O2/c1-9-4-6-12(14(18)8-9)15(19)17-13-7-5-10(2)16-11(13)3/h4-8,18H,1-3H3,(H,17,19). The van der Waals surface area contributed by atoms with Crippen LogP contribution < -0.4 is 5.32 Å². The first-order valence-corrected chi connectivity index (χ1v) is 6.02. The maximum absolute atomic E-state index is 12.1. The number of phenolic OH excluding ortho intramolecular Hbond substituents is 1. The smallest absolute Gasteiger partial charge is 0.259 e. The second-order valence-corrected chi connectivity index (χ2v) is 4.56. The number of carbonyl (C=O) groups is 1. The number of aryl methyl sites for hydroxylation is 3. The summed E-state index contributed by atoms with van der Waals surface area (Å²) in [5, 5.41) is 12.5. The third-order valence-electron chi connectivity index (χ3n) is 2.87. The van der Waals surface area contributed by atoms with Gasteiger partial charge in [0.15, 0.2) is 0 Å². The lowest BCUT2D eigenvalue weighted by atomic mass is 10.1. The zero-order valence-corrected chi connectivity index (χ0v) is 11.2. The van der Waals surface area contributed by atoms with Gasteiger partial charge in [-0.1, -0.05) is 6.07 Å². The summed E-state index contributed by atoms with van der Waals surface area (Å²) in [6.45, 7) is 5.58. The first-order valence-electron chi connectivity index (χ1n) is 6.02. The largest absolute Gasteiger partial charge is 0.507 e. The molecule has 0 saturated heterocycles. The highest BCUT2D eigenvalue weighted by molar-refractivity contribution is 6.06. The second-order valence-electron chi connectivity index (χ2n) is 4.56. The monoisotopic (exact) mass is 256 g/mol. The van der Waals surface area contributed by atoms with Crippen LogP contribution in [0.25, 0.3) is 0 Å². The predicted octanol–water partition coefficient (Wildman–Crippen LogP) is 2.96. The highest BCUT2D eigenvalue weighted by Crippen LogP contribution is 2.21. The molecule has 0 radical (unpaired) electrons. The van der Waals surface area contributed by atoms with Gasteiger partial charge in [0.25, 0.3) is 5.91 Å². The minimum atomic E-state index is -0.341. The van der Waals surface area contributed by atoms with Crippen LogP contribution in [0.15, 0.2) is 30.3 Å². The van der Waals surface area contributed by atoms with Crippen LogP contribution in [0.4, 0.5) is 5.69 Å². The summed E-state index contributed by atoms with van der Waals surface area (Å²) < 4.78 is 0. The molecule has 2 aromatic rings. The second kappa shape index (κ2) is 5.10. The number of amides is 1. The molecule has 0 aliphatic heterocycles. The molecule has 2 rings (SSSR count). The van der Waals surface area contributed by atoms with E-state index in [2.05, 4.69) is 10.3 Å². The number of benzene rings is 1. The van der Waals surface area contributed by atoms with Gasteiger partial charge in [-0.2, -0.15) is 0 Å². The van der Waals surface area contributed by atoms with Crippen LogP contribution in [-0.4, -0.2) is 16.0 Å². The van der Waals surface area contributed by atoms with Crippen molar-refractivity contribution in [1.29, 1.82) is 0 Å². The molecule has 0 aliphatic carbocycles. The molecule has 0 saturated carbocycles. The van der Waals surface area contributed by atoms with Crippen molar-refractivity contribution in [2.75, 3.05) is 5.32 Å². The van der Waals surface area contributed by atoms with Crippen LogP contribution in [0.2, 0.25) is 0 Å². The molecule has 0 spiro atoms. The number of aromatic hydroxyl groups is 1. The lowest BCUT2D eigenvalue weighted by Crippen LogP contribution is -2.13. The van der Waals surface area contributed by atoms with Crippen molar-refractivity contribution >= 4 is 11.6 Å². The van der Waals surface area contributed by atoms with E-state index in [1.165, 1.54) is 0 Å². The molecule has 4 nitrogen and oxygen atoms in total. The molecule has 0 fully saturated rings. The summed E-state index contributed by atoms with van der Waals surface area (Å²) in [6.07, 6.45) is 0. The molecule has 4 heteroatoms. The fraction of sp³-hybridized carbons (Fsp3) is 0.200. The fourth-order valence-electron chi connectivity index (χ4n) is 1.84. The molecule has 19 heavy (non-hydrogen) atoms. The Hall–Kier alpha value is -2.36. The van der Waals surface area contributed by atoms with Gasteiger partial charge < -0.3 is 10.4 Å². The highest BCUT2D eigenvalue weighted by Gasteiger charge is 2.12. The topological polar surface area (TPSA) is 62.2 Å². The van der Waals surface area contributed by atoms with Crippen LogP contribution in [-0.2, 0) is 0 Å². The van der Waals surface area contributed by atoms with Crippen molar-refractivity contribution < 1.29 is 9.90 Å². The predicted molar refractivity (Wildman–Crippen MR) is 74.5 cm³/mol. The minimum absolute atomic E-state index is 0.0183. The summed E-state index contributed by atoms with van der Waals surface area (Å²) in [5.41, 5.74) is 3.46. The number of hydrogen-bond acceptors (Lipinski definition) is 3. The van der Waals surface area contributed by atoms with Crippen molar-refractivity contribution in [2.45, 2.75) is 20.8 Å². The average Bonchev–Trinajstić information content (AvgIpc) is 2.32. The number of nitrogens with one attached hydrogen (secondary N) is 1. The van der Waals surface area contributed by atoms with E-state index in [4.69, 9.17) is 0 Å². The summed E-state index contributed by atoms with van der Waals surface area (Å²) in [7, 11) is 0. The number of aromatic nitrogens is 1. The molecule has 0 bridgehead atoms. The molecule has 0 atom stereocenters. The maximum atomic E-state index is 12.1. The van der Waals surface area contributed by atoms with Crippen molar-refractivity contribution in [1.82, 2.24) is 4.98 Å². The Bertz CT molecular complexity index is 636. The summed E-state index contributed by atoms with van der Waals surface area (Å²) in [5.74, 6) is -0.360. The van der Waals surface area contributed by atoms with Gasteiger partial charge >= 0.3 is 0 Å². The third-order valence-corrected chi connectivity index (χ3v) is 2.87. The molecule has 0 aliphatic rings. The van der Waals surface area contributed by atoms with E-state index >= 15 is 0 Å². The van der Waals surface area contributed by atoms with Crippen molar-refractivity contribution in [3.05, 3.63) is 52.8 Å². The summed E-state index contributed by atoms with van der Waals surface area (Å²) in [6, 6.07) is 8.60. The number of nitrogens with zero attached hydrogens (tertiary/aromatic N) is 1. The van der Waals surface area contributed by atoms with Gasteiger partial charge in [0, 0.05) is 5.69 Å². The Morgan fingerprint density at radius 3 is 2.53 bits per heavy atom. The molecule has 1 heterocycles. The minimum Gasteiger partial charge on any atom is -0.507 e. The van der Waals surface area contributed by atoms with Gasteiger partial charge in [-0.15, -0.1) is 0 Å². The Balaban J connectivity index is 2.25. The van der Waals surface area contributed by atoms with Gasteiger partial charge in [0.05, 0.1) is 16.9 Å². The summed E-state index contributed by atoms with van der Waals surface area (Å²) >= 11 is 0. The van der Waals surface area contributed by atoms with Gasteiger partial charge in [-0.05, 0) is 50.6 Å². The molecule has 1 aromatic carbocycles. The number of anilines is 1. The van der Waals surface area contributed by atoms with Crippen LogP contribution >= 0.6 is 0 Å². The Morgan fingerprint density at radius 2 is 1.89 bits per heavy atom. The van der Waals surface area contributed by atoms with E-state index in [9.17, 15) is 9.90 Å². The number of carbonyl (C=O) groups excluding carboxylic acids is 1. The van der Waals surface area contributed by atoms with Gasteiger partial charge in [0.2, 0.25) is 0 Å². The van der Waals surface area contributed by atoms with E-state index in [1.54, 1.807) is 24.3 Å². The number of phenols is 1. The Labute approximate surface area is 112 Å². The lowest BCUT2D eigenvalue weighted by molar-refractivity contribution is 0.102. The van der Waals surface area contributed by atoms with Crippen LogP contribution in [0.5, 0.6) is 5.75 Å². The van der Waals surface area contributed by atoms with Gasteiger partial charge in [0.1, 0.15) is 5.75 Å². The quantitative estimate of drug-likeness (QED) is 0.868. The fourth-order valence-corrected chi connectivity index (χ4v) is 1.84. The van der Waals surface area contributed by atoms with Crippen molar-refractivity contribution in [3.63, 3.8) is 0 Å². The molecule has 1 aromatic heterocycles. The molecule has 98 valence electrons. The van der Waals surface area contributed by atoms with Gasteiger partial charge in [-0.25, -0.2) is 0 Å².